The Morgan fingerprint density at radius 1 is 1.11 bits per heavy atom. The van der Waals surface area contributed by atoms with E-state index in [0.29, 0.717) is 17.7 Å². The number of ketones is 1. The number of thioether (sulfide) groups is 1. The van der Waals surface area contributed by atoms with Gasteiger partial charge in [-0.2, -0.15) is 0 Å². The molecular weight excluding hydrogens is 372 g/mol. The van der Waals surface area contributed by atoms with E-state index in [4.69, 9.17) is 0 Å². The molecule has 1 N–H and O–H groups in total. The lowest BCUT2D eigenvalue weighted by Crippen LogP contribution is -2.11. The van der Waals surface area contributed by atoms with Crippen molar-refractivity contribution in [3.63, 3.8) is 0 Å². The number of hydrogen-bond acceptors (Lipinski definition) is 5. The first-order valence-electron chi connectivity index (χ1n) is 10.2. The fourth-order valence-corrected chi connectivity index (χ4v) is 4.15. The minimum absolute atomic E-state index is 0.0237. The molecule has 2 heterocycles. The molecule has 0 aliphatic carbocycles. The topological polar surface area (TPSA) is 76.9 Å². The minimum atomic E-state index is 0.0237. The third-order valence-corrected chi connectivity index (χ3v) is 5.87. The van der Waals surface area contributed by atoms with Crippen molar-refractivity contribution >= 4 is 29.1 Å². The van der Waals surface area contributed by atoms with Crippen molar-refractivity contribution in [2.75, 3.05) is 11.1 Å². The third-order valence-electron chi connectivity index (χ3n) is 4.91. The van der Waals surface area contributed by atoms with Crippen molar-refractivity contribution in [3.8, 4) is 0 Å². The monoisotopic (exact) mass is 400 g/mol. The van der Waals surface area contributed by atoms with E-state index < -0.39 is 0 Å². The van der Waals surface area contributed by atoms with E-state index in [-0.39, 0.29) is 11.7 Å². The number of anilines is 1. The van der Waals surface area contributed by atoms with Crippen LogP contribution in [0.5, 0.6) is 0 Å². The number of amides is 1. The van der Waals surface area contributed by atoms with E-state index >= 15 is 0 Å². The maximum Gasteiger partial charge on any atom is 0.224 e. The predicted octanol–water partition coefficient (Wildman–Crippen LogP) is 4.50. The van der Waals surface area contributed by atoms with Crippen LogP contribution in [0.3, 0.4) is 0 Å². The third kappa shape index (κ3) is 5.67. The van der Waals surface area contributed by atoms with E-state index in [1.54, 1.807) is 24.3 Å². The fourth-order valence-electron chi connectivity index (χ4n) is 3.28. The number of aryl methyl sites for hydroxylation is 1. The lowest BCUT2D eigenvalue weighted by molar-refractivity contribution is -0.116. The normalized spacial score (nSPS) is 13.6. The van der Waals surface area contributed by atoms with Gasteiger partial charge in [0.15, 0.2) is 10.9 Å². The Hall–Kier alpha value is -2.15. The Morgan fingerprint density at radius 3 is 2.71 bits per heavy atom. The summed E-state index contributed by atoms with van der Waals surface area (Å²) in [6.45, 7) is 3.05. The summed E-state index contributed by atoms with van der Waals surface area (Å²) in [5, 5.41) is 12.3. The van der Waals surface area contributed by atoms with Gasteiger partial charge < -0.3 is 9.88 Å². The van der Waals surface area contributed by atoms with Crippen LogP contribution in [-0.2, 0) is 17.8 Å². The second kappa shape index (κ2) is 10.4. The second-order valence-corrected chi connectivity index (χ2v) is 8.10. The number of nitrogens with one attached hydrogen (secondary N) is 1. The summed E-state index contributed by atoms with van der Waals surface area (Å²) < 4.78 is 2.15. The molecule has 150 valence electrons. The summed E-state index contributed by atoms with van der Waals surface area (Å²) in [4.78, 5) is 24.4. The lowest BCUT2D eigenvalue weighted by Gasteiger charge is -2.07. The quantitative estimate of drug-likeness (QED) is 0.381. The number of rotatable bonds is 9. The minimum Gasteiger partial charge on any atom is -0.326 e. The summed E-state index contributed by atoms with van der Waals surface area (Å²) in [6.07, 6.45) is 8.08. The van der Waals surface area contributed by atoms with Crippen LogP contribution in [0.2, 0.25) is 0 Å². The maximum atomic E-state index is 12.5. The second-order valence-electron chi connectivity index (χ2n) is 7.16. The summed E-state index contributed by atoms with van der Waals surface area (Å²) in [5.74, 6) is 1.44. The SMILES string of the molecule is CCCCCC(=O)Nc1ccc(C(=O)CSc2nnc3n2CCCCC3)cc1. The molecule has 0 spiro atoms. The first-order chi connectivity index (χ1) is 13.7. The molecule has 0 saturated heterocycles. The molecule has 28 heavy (non-hydrogen) atoms. The number of hydrogen-bond donors (Lipinski definition) is 1. The van der Waals surface area contributed by atoms with Crippen molar-refractivity contribution in [1.82, 2.24) is 14.8 Å². The van der Waals surface area contributed by atoms with Crippen LogP contribution >= 0.6 is 11.8 Å². The largest absolute Gasteiger partial charge is 0.326 e. The van der Waals surface area contributed by atoms with E-state index in [2.05, 4.69) is 27.0 Å². The summed E-state index contributed by atoms with van der Waals surface area (Å²) >= 11 is 1.45. The van der Waals surface area contributed by atoms with Crippen LogP contribution < -0.4 is 5.32 Å². The fraction of sp³-hybridized carbons (Fsp3) is 0.524. The molecule has 0 unspecified atom stereocenters. The number of Topliss-reactive ketones (excluding diaryl/α,β-unsaturated/α-hetero) is 1. The number of carbonyl (C=O) groups excluding carboxylic acids is 2. The number of nitrogens with zero attached hydrogens (tertiary/aromatic N) is 3. The zero-order valence-corrected chi connectivity index (χ0v) is 17.3. The highest BCUT2D eigenvalue weighted by atomic mass is 32.2. The molecule has 1 aromatic carbocycles. The highest BCUT2D eigenvalue weighted by molar-refractivity contribution is 7.99. The number of aromatic nitrogens is 3. The van der Waals surface area contributed by atoms with Gasteiger partial charge >= 0.3 is 0 Å². The average molecular weight is 401 g/mol. The molecule has 7 heteroatoms. The number of unbranched alkanes of at least 4 members (excludes halogenated alkanes) is 2. The summed E-state index contributed by atoms with van der Waals surface area (Å²) in [7, 11) is 0. The first kappa shape index (κ1) is 20.6. The molecule has 0 radical (unpaired) electrons. The van der Waals surface area contributed by atoms with Crippen molar-refractivity contribution in [1.29, 1.82) is 0 Å². The Kier molecular flexibility index (Phi) is 7.65. The van der Waals surface area contributed by atoms with Gasteiger partial charge in [0.25, 0.3) is 0 Å². The average Bonchev–Trinajstić information content (AvgIpc) is 2.93. The predicted molar refractivity (Wildman–Crippen MR) is 112 cm³/mol. The standard InChI is InChI=1S/C21H28N4O2S/c1-2-3-5-9-20(27)22-17-12-10-16(11-13-17)18(26)15-28-21-24-23-19-8-6-4-7-14-25(19)21/h10-13H,2-9,14-15H2,1H3,(H,22,27). The Labute approximate surface area is 170 Å². The molecule has 2 aromatic rings. The Morgan fingerprint density at radius 2 is 1.93 bits per heavy atom. The summed E-state index contributed by atoms with van der Waals surface area (Å²) in [5.41, 5.74) is 1.38. The maximum absolute atomic E-state index is 12.5. The number of benzene rings is 1. The molecule has 1 aliphatic heterocycles. The van der Waals surface area contributed by atoms with Crippen LogP contribution in [0.15, 0.2) is 29.4 Å². The van der Waals surface area contributed by atoms with E-state index in [1.165, 1.54) is 18.2 Å². The zero-order chi connectivity index (χ0) is 19.8. The van der Waals surface area contributed by atoms with Gasteiger partial charge in [0.1, 0.15) is 5.82 Å². The smallest absolute Gasteiger partial charge is 0.224 e. The van der Waals surface area contributed by atoms with Crippen LogP contribution in [0, 0.1) is 0 Å². The lowest BCUT2D eigenvalue weighted by atomic mass is 10.1. The highest BCUT2D eigenvalue weighted by Crippen LogP contribution is 2.23. The first-order valence-corrected chi connectivity index (χ1v) is 11.1. The zero-order valence-electron chi connectivity index (χ0n) is 16.4. The molecule has 0 saturated carbocycles. The van der Waals surface area contributed by atoms with E-state index in [9.17, 15) is 9.59 Å². The molecule has 1 aliphatic rings. The molecule has 6 nitrogen and oxygen atoms in total. The van der Waals surface area contributed by atoms with Gasteiger partial charge in [-0.05, 0) is 43.5 Å². The molecule has 0 atom stereocenters. The Bertz CT molecular complexity index is 801. The van der Waals surface area contributed by atoms with Gasteiger partial charge in [-0.25, -0.2) is 0 Å². The van der Waals surface area contributed by atoms with Crippen LogP contribution in [0.4, 0.5) is 5.69 Å². The van der Waals surface area contributed by atoms with Crippen molar-refractivity contribution in [2.24, 2.45) is 0 Å². The Balaban J connectivity index is 1.51. The molecule has 3 rings (SSSR count). The van der Waals surface area contributed by atoms with Crippen molar-refractivity contribution < 1.29 is 9.59 Å². The van der Waals surface area contributed by atoms with Crippen molar-refractivity contribution in [3.05, 3.63) is 35.7 Å². The molecular formula is C21H28N4O2S. The van der Waals surface area contributed by atoms with Crippen LogP contribution in [-0.4, -0.2) is 32.2 Å². The van der Waals surface area contributed by atoms with E-state index in [1.807, 2.05) is 0 Å². The van der Waals surface area contributed by atoms with Gasteiger partial charge in [0.2, 0.25) is 5.91 Å². The van der Waals surface area contributed by atoms with Gasteiger partial charge in [-0.1, -0.05) is 37.9 Å². The number of fused-ring (bicyclic) bond motifs is 1. The van der Waals surface area contributed by atoms with Crippen molar-refractivity contribution in [2.45, 2.75) is 70.0 Å². The van der Waals surface area contributed by atoms with E-state index in [0.717, 1.165) is 61.7 Å². The molecule has 1 amide bonds. The highest BCUT2D eigenvalue weighted by Gasteiger charge is 2.16. The molecule has 0 bridgehead atoms. The van der Waals surface area contributed by atoms with Gasteiger partial charge in [0, 0.05) is 30.6 Å². The molecule has 1 aromatic heterocycles. The van der Waals surface area contributed by atoms with Crippen LogP contribution in [0.1, 0.15) is 68.1 Å². The van der Waals surface area contributed by atoms with Gasteiger partial charge in [-0.3, -0.25) is 9.59 Å². The van der Waals surface area contributed by atoms with Gasteiger partial charge in [-0.15, -0.1) is 10.2 Å². The molecule has 0 fully saturated rings. The van der Waals surface area contributed by atoms with Gasteiger partial charge in [0.05, 0.1) is 5.75 Å². The summed E-state index contributed by atoms with van der Waals surface area (Å²) in [6, 6.07) is 7.13. The van der Waals surface area contributed by atoms with Crippen LogP contribution in [0.25, 0.3) is 0 Å². The number of carbonyl (C=O) groups is 2.